The molecule has 0 N–H and O–H groups in total. The molecule has 4 heteroatoms. The highest BCUT2D eigenvalue weighted by Gasteiger charge is 2.17. The van der Waals surface area contributed by atoms with E-state index in [2.05, 4.69) is 63.3 Å². The quantitative estimate of drug-likeness (QED) is 0.812. The zero-order valence-corrected chi connectivity index (χ0v) is 12.6. The summed E-state index contributed by atoms with van der Waals surface area (Å²) in [4.78, 5) is 15.4. The van der Waals surface area contributed by atoms with Gasteiger partial charge in [0.05, 0.1) is 6.61 Å². The van der Waals surface area contributed by atoms with Crippen molar-refractivity contribution in [2.24, 2.45) is 5.16 Å². The van der Waals surface area contributed by atoms with Crippen LogP contribution in [0.4, 0.5) is 0 Å². The molecule has 22 heavy (non-hydrogen) atoms. The van der Waals surface area contributed by atoms with Crippen molar-refractivity contribution in [3.05, 3.63) is 60.7 Å². The van der Waals surface area contributed by atoms with E-state index in [0.717, 1.165) is 0 Å². The van der Waals surface area contributed by atoms with Crippen LogP contribution in [-0.4, -0.2) is 24.9 Å². The molecule has 0 fully saturated rings. The van der Waals surface area contributed by atoms with Gasteiger partial charge in [-0.25, -0.2) is 4.79 Å². The van der Waals surface area contributed by atoms with Crippen molar-refractivity contribution in [1.82, 2.24) is 0 Å². The van der Waals surface area contributed by atoms with E-state index < -0.39 is 0 Å². The maximum Gasteiger partial charge on any atom is 0.356 e. The molecule has 4 nitrogen and oxygen atoms in total. The van der Waals surface area contributed by atoms with Crippen LogP contribution >= 0.6 is 0 Å². The summed E-state index contributed by atoms with van der Waals surface area (Å²) in [6, 6.07) is 20.8. The van der Waals surface area contributed by atoms with Crippen LogP contribution < -0.4 is 0 Å². The maximum absolute atomic E-state index is 10.8. The van der Waals surface area contributed by atoms with Crippen LogP contribution in [0.15, 0.2) is 65.8 Å². The predicted molar refractivity (Wildman–Crippen MR) is 86.5 cm³/mol. The SMILES string of the molecule is CCOC(=O)C1=NOCC1.c1ccc(-c2ccccc2)cc1. The summed E-state index contributed by atoms with van der Waals surface area (Å²) in [5.74, 6) is -0.361. The fourth-order valence-electron chi connectivity index (χ4n) is 1.93. The third-order valence-corrected chi connectivity index (χ3v) is 3.00. The monoisotopic (exact) mass is 297 g/mol. The average molecular weight is 297 g/mol. The molecule has 0 saturated heterocycles. The van der Waals surface area contributed by atoms with Gasteiger partial charge in [0.15, 0.2) is 5.71 Å². The lowest BCUT2D eigenvalue weighted by atomic mass is 10.1. The fourth-order valence-corrected chi connectivity index (χ4v) is 1.93. The van der Waals surface area contributed by atoms with E-state index in [1.165, 1.54) is 11.1 Å². The number of nitrogens with zero attached hydrogens (tertiary/aromatic N) is 1. The lowest BCUT2D eigenvalue weighted by Crippen LogP contribution is -2.15. The Kier molecular flexibility index (Phi) is 6.18. The zero-order chi connectivity index (χ0) is 15.6. The Morgan fingerprint density at radius 3 is 2.00 bits per heavy atom. The standard InChI is InChI=1S/C12H10.C6H9NO3/c1-3-7-11(8-4-1)12-9-5-2-6-10-12;1-2-9-6(8)5-3-4-10-7-5/h1-10H;2-4H2,1H3. The Labute approximate surface area is 130 Å². The molecule has 0 bridgehead atoms. The first-order chi connectivity index (χ1) is 10.8. The molecule has 2 aromatic rings. The minimum Gasteiger partial charge on any atom is -0.461 e. The molecular weight excluding hydrogens is 278 g/mol. The molecule has 1 aliphatic heterocycles. The summed E-state index contributed by atoms with van der Waals surface area (Å²) in [5.41, 5.74) is 2.94. The normalized spacial score (nSPS) is 12.5. The van der Waals surface area contributed by atoms with Gasteiger partial charge in [0.2, 0.25) is 0 Å². The molecule has 0 amide bonds. The second kappa shape index (κ2) is 8.62. The van der Waals surface area contributed by atoms with Crippen LogP contribution in [0, 0.1) is 0 Å². The highest BCUT2D eigenvalue weighted by molar-refractivity contribution is 6.36. The summed E-state index contributed by atoms with van der Waals surface area (Å²) >= 11 is 0. The fraction of sp³-hybridized carbons (Fsp3) is 0.222. The third-order valence-electron chi connectivity index (χ3n) is 3.00. The summed E-state index contributed by atoms with van der Waals surface area (Å²) in [6.45, 7) is 2.64. The lowest BCUT2D eigenvalue weighted by molar-refractivity contribution is -0.135. The van der Waals surface area contributed by atoms with Crippen molar-refractivity contribution in [3.63, 3.8) is 0 Å². The maximum atomic E-state index is 10.8. The molecule has 1 aliphatic rings. The molecule has 114 valence electrons. The van der Waals surface area contributed by atoms with Gasteiger partial charge in [-0.15, -0.1) is 0 Å². The Hall–Kier alpha value is -2.62. The largest absolute Gasteiger partial charge is 0.461 e. The predicted octanol–water partition coefficient (Wildman–Crippen LogP) is 3.68. The molecule has 0 aromatic heterocycles. The molecule has 0 atom stereocenters. The van der Waals surface area contributed by atoms with Crippen molar-refractivity contribution in [3.8, 4) is 11.1 Å². The lowest BCUT2D eigenvalue weighted by Gasteiger charge is -1.98. The van der Waals surface area contributed by atoms with Gasteiger partial charge in [-0.1, -0.05) is 65.8 Å². The van der Waals surface area contributed by atoms with Crippen molar-refractivity contribution in [2.75, 3.05) is 13.2 Å². The van der Waals surface area contributed by atoms with Gasteiger partial charge < -0.3 is 9.57 Å². The topological polar surface area (TPSA) is 47.9 Å². The summed E-state index contributed by atoms with van der Waals surface area (Å²) in [6.07, 6.45) is 0.568. The van der Waals surface area contributed by atoms with Gasteiger partial charge in [0.25, 0.3) is 0 Å². The van der Waals surface area contributed by atoms with Crippen LogP contribution in [0.5, 0.6) is 0 Å². The van der Waals surface area contributed by atoms with Crippen molar-refractivity contribution in [2.45, 2.75) is 13.3 Å². The molecule has 0 unspecified atom stereocenters. The first-order valence-corrected chi connectivity index (χ1v) is 7.27. The Balaban J connectivity index is 0.000000164. The molecule has 0 aliphatic carbocycles. The summed E-state index contributed by atoms with van der Waals surface area (Å²) in [5, 5.41) is 3.50. The van der Waals surface area contributed by atoms with E-state index in [0.29, 0.717) is 25.3 Å². The number of oxime groups is 1. The Morgan fingerprint density at radius 1 is 1.05 bits per heavy atom. The number of rotatable bonds is 3. The van der Waals surface area contributed by atoms with E-state index in [4.69, 9.17) is 0 Å². The first-order valence-electron chi connectivity index (χ1n) is 7.27. The first kappa shape index (κ1) is 15.8. The second-order valence-corrected chi connectivity index (χ2v) is 4.57. The second-order valence-electron chi connectivity index (χ2n) is 4.57. The van der Waals surface area contributed by atoms with Gasteiger partial charge in [0, 0.05) is 6.42 Å². The number of benzene rings is 2. The number of carbonyl (C=O) groups is 1. The third kappa shape index (κ3) is 4.74. The van der Waals surface area contributed by atoms with Gasteiger partial charge in [-0.2, -0.15) is 0 Å². The van der Waals surface area contributed by atoms with Crippen molar-refractivity contribution < 1.29 is 14.4 Å². The summed E-state index contributed by atoms with van der Waals surface area (Å²) < 4.78 is 4.68. The van der Waals surface area contributed by atoms with Crippen LogP contribution in [0.25, 0.3) is 11.1 Å². The number of ether oxygens (including phenoxy) is 1. The smallest absolute Gasteiger partial charge is 0.356 e. The van der Waals surface area contributed by atoms with Gasteiger partial charge in [-0.05, 0) is 18.1 Å². The van der Waals surface area contributed by atoms with E-state index >= 15 is 0 Å². The van der Waals surface area contributed by atoms with Crippen LogP contribution in [0.1, 0.15) is 13.3 Å². The van der Waals surface area contributed by atoms with Crippen molar-refractivity contribution in [1.29, 1.82) is 0 Å². The number of esters is 1. The molecule has 1 heterocycles. The van der Waals surface area contributed by atoms with Crippen LogP contribution in [-0.2, 0) is 14.4 Å². The number of hydrogen-bond acceptors (Lipinski definition) is 4. The molecule has 0 saturated carbocycles. The molecule has 2 aromatic carbocycles. The molecule has 3 rings (SSSR count). The van der Waals surface area contributed by atoms with Crippen LogP contribution in [0.2, 0.25) is 0 Å². The average Bonchev–Trinajstić information content (AvgIpc) is 3.12. The number of carbonyl (C=O) groups excluding carboxylic acids is 1. The highest BCUT2D eigenvalue weighted by Crippen LogP contribution is 2.17. The van der Waals surface area contributed by atoms with Crippen LogP contribution in [0.3, 0.4) is 0 Å². The van der Waals surface area contributed by atoms with Gasteiger partial charge in [-0.3, -0.25) is 0 Å². The van der Waals surface area contributed by atoms with Gasteiger partial charge >= 0.3 is 5.97 Å². The minimum atomic E-state index is -0.361. The summed E-state index contributed by atoms with van der Waals surface area (Å²) in [7, 11) is 0. The highest BCUT2D eigenvalue weighted by atomic mass is 16.6. The van der Waals surface area contributed by atoms with E-state index in [-0.39, 0.29) is 5.97 Å². The van der Waals surface area contributed by atoms with Gasteiger partial charge in [0.1, 0.15) is 6.61 Å². The Morgan fingerprint density at radius 2 is 1.59 bits per heavy atom. The molecular formula is C18H19NO3. The van der Waals surface area contributed by atoms with E-state index in [1.807, 2.05) is 12.1 Å². The number of hydrogen-bond donors (Lipinski definition) is 0. The Bertz CT molecular complexity index is 571. The van der Waals surface area contributed by atoms with Crippen molar-refractivity contribution >= 4 is 11.7 Å². The van der Waals surface area contributed by atoms with E-state index in [1.54, 1.807) is 6.92 Å². The molecule has 0 radical (unpaired) electrons. The molecule has 0 spiro atoms. The minimum absolute atomic E-state index is 0.361. The van der Waals surface area contributed by atoms with E-state index in [9.17, 15) is 4.79 Å². The zero-order valence-electron chi connectivity index (χ0n) is 12.6.